The summed E-state index contributed by atoms with van der Waals surface area (Å²) in [5.41, 5.74) is 4.04. The van der Waals surface area contributed by atoms with Crippen molar-refractivity contribution in [2.45, 2.75) is 83.8 Å². The highest BCUT2D eigenvalue weighted by atomic mass is 32.2. The molecular weight excluding hydrogens is 644 g/mol. The quantitative estimate of drug-likeness (QED) is 0.281. The van der Waals surface area contributed by atoms with Crippen LogP contribution < -0.4 is 4.74 Å². The minimum Gasteiger partial charge on any atom is -0.493 e. The molecule has 2 aromatic carbocycles. The molecular formula is C37H50N4O7S. The van der Waals surface area contributed by atoms with Crippen LogP contribution in [0, 0.1) is 5.92 Å². The molecule has 3 heterocycles. The standard InChI is InChI=1S/C37H50N4O7S/c1-37(2,3)48-36(44)38(4)49(45,46)40-21-19-39(20-22-40)18-10-11-26-24-41-31-23-28(35(42)43)16-17-29(31)33(27-12-6-5-7-13-27)34(41)30-14-8-9-15-32(30)47-25-26/h8-9,14-17,23,26-27H,5-7,10-13,18-22,24-25H2,1-4H3,(H,42,43). The highest BCUT2D eigenvalue weighted by Gasteiger charge is 2.36. The Balaban J connectivity index is 1.18. The molecule has 1 saturated heterocycles. The number of hydrogen-bond donors (Lipinski definition) is 1. The molecule has 0 radical (unpaired) electrons. The van der Waals surface area contributed by atoms with Crippen LogP contribution in [0.3, 0.4) is 0 Å². The number of carbonyl (C=O) groups is 2. The zero-order valence-electron chi connectivity index (χ0n) is 29.2. The Morgan fingerprint density at radius 2 is 1.73 bits per heavy atom. The first kappa shape index (κ1) is 35.2. The normalized spacial score (nSPS) is 19.7. The average Bonchev–Trinajstić information content (AvgIpc) is 3.38. The molecule has 266 valence electrons. The molecule has 1 aliphatic carbocycles. The summed E-state index contributed by atoms with van der Waals surface area (Å²) in [4.78, 5) is 26.8. The van der Waals surface area contributed by atoms with Gasteiger partial charge in [0.1, 0.15) is 11.4 Å². The lowest BCUT2D eigenvalue weighted by molar-refractivity contribution is 0.0408. The number of hydrogen-bond acceptors (Lipinski definition) is 7. The molecule has 12 heteroatoms. The number of carboxylic acids is 1. The lowest BCUT2D eigenvalue weighted by atomic mass is 9.81. The van der Waals surface area contributed by atoms with E-state index in [1.807, 2.05) is 24.3 Å². The van der Waals surface area contributed by atoms with E-state index in [1.165, 1.54) is 41.9 Å². The van der Waals surface area contributed by atoms with Gasteiger partial charge in [-0.1, -0.05) is 37.5 Å². The van der Waals surface area contributed by atoms with E-state index >= 15 is 0 Å². The predicted molar refractivity (Wildman–Crippen MR) is 189 cm³/mol. The largest absolute Gasteiger partial charge is 0.493 e. The van der Waals surface area contributed by atoms with Crippen molar-refractivity contribution in [1.82, 2.24) is 18.1 Å². The van der Waals surface area contributed by atoms with Gasteiger partial charge < -0.3 is 24.0 Å². The minimum atomic E-state index is -3.98. The van der Waals surface area contributed by atoms with Gasteiger partial charge in [-0.05, 0) is 88.7 Å². The Morgan fingerprint density at radius 3 is 2.43 bits per heavy atom. The summed E-state index contributed by atoms with van der Waals surface area (Å²) in [5.74, 6) is 0.549. The topological polar surface area (TPSA) is 122 Å². The van der Waals surface area contributed by atoms with E-state index in [0.717, 1.165) is 61.0 Å². The number of rotatable bonds is 8. The van der Waals surface area contributed by atoms with E-state index < -0.39 is 27.9 Å². The molecule has 3 aromatic rings. The zero-order chi connectivity index (χ0) is 34.9. The maximum atomic E-state index is 13.1. The molecule has 6 rings (SSSR count). The highest BCUT2D eigenvalue weighted by molar-refractivity contribution is 7.87. The number of carbonyl (C=O) groups excluding carboxylic acids is 1. The highest BCUT2D eigenvalue weighted by Crippen LogP contribution is 2.47. The first-order valence-corrected chi connectivity index (χ1v) is 19.0. The molecule has 2 aliphatic heterocycles. The smallest absolute Gasteiger partial charge is 0.424 e. The van der Waals surface area contributed by atoms with Crippen LogP contribution in [0.1, 0.15) is 87.6 Å². The number of fused-ring (bicyclic) bond motifs is 5. The van der Waals surface area contributed by atoms with E-state index in [1.54, 1.807) is 26.8 Å². The fourth-order valence-electron chi connectivity index (χ4n) is 7.66. The first-order valence-electron chi connectivity index (χ1n) is 17.6. The van der Waals surface area contributed by atoms with Gasteiger partial charge in [-0.2, -0.15) is 17.0 Å². The van der Waals surface area contributed by atoms with Crippen LogP contribution in [0.15, 0.2) is 42.5 Å². The number of amides is 1. The summed E-state index contributed by atoms with van der Waals surface area (Å²) in [6, 6.07) is 13.9. The van der Waals surface area contributed by atoms with Crippen molar-refractivity contribution in [3.8, 4) is 17.0 Å². The Hall–Kier alpha value is -3.61. The van der Waals surface area contributed by atoms with E-state index in [4.69, 9.17) is 9.47 Å². The van der Waals surface area contributed by atoms with Crippen LogP contribution in [0.5, 0.6) is 5.75 Å². The fraction of sp³-hybridized carbons (Fsp3) is 0.568. The SMILES string of the molecule is CN(C(=O)OC(C)(C)C)S(=O)(=O)N1CCN(CCCC2COc3ccccc3-c3c(C4CCCCC4)c4ccc(C(=O)O)cc4n3C2)CC1. The number of aromatic carboxylic acids is 1. The van der Waals surface area contributed by atoms with Gasteiger partial charge in [-0.15, -0.1) is 0 Å². The van der Waals surface area contributed by atoms with Gasteiger partial charge in [-0.3, -0.25) is 0 Å². The Bertz CT molecular complexity index is 1780. The molecule has 1 atom stereocenters. The number of piperazine rings is 1. The maximum absolute atomic E-state index is 13.1. The predicted octanol–water partition coefficient (Wildman–Crippen LogP) is 6.57. The van der Waals surface area contributed by atoms with Crippen molar-refractivity contribution in [2.75, 3.05) is 46.4 Å². The molecule has 11 nitrogen and oxygen atoms in total. The minimum absolute atomic E-state index is 0.194. The monoisotopic (exact) mass is 694 g/mol. The number of nitrogens with zero attached hydrogens (tertiary/aromatic N) is 4. The lowest BCUT2D eigenvalue weighted by Gasteiger charge is -2.36. The lowest BCUT2D eigenvalue weighted by Crippen LogP contribution is -2.53. The zero-order valence-corrected chi connectivity index (χ0v) is 30.0. The van der Waals surface area contributed by atoms with Gasteiger partial charge in [-0.25, -0.2) is 9.59 Å². The summed E-state index contributed by atoms with van der Waals surface area (Å²) < 4.78 is 42.5. The van der Waals surface area contributed by atoms with Gasteiger partial charge in [0.15, 0.2) is 0 Å². The van der Waals surface area contributed by atoms with Crippen LogP contribution in [-0.2, 0) is 21.5 Å². The maximum Gasteiger partial charge on any atom is 0.424 e. The number of ether oxygens (including phenoxy) is 2. The van der Waals surface area contributed by atoms with E-state index in [0.29, 0.717) is 48.6 Å². The van der Waals surface area contributed by atoms with Crippen molar-refractivity contribution in [2.24, 2.45) is 5.92 Å². The summed E-state index contributed by atoms with van der Waals surface area (Å²) in [7, 11) is -2.74. The third-order valence-corrected chi connectivity index (χ3v) is 12.0. The molecule has 3 aliphatic rings. The van der Waals surface area contributed by atoms with Crippen molar-refractivity contribution in [3.05, 3.63) is 53.6 Å². The van der Waals surface area contributed by atoms with Crippen LogP contribution in [0.2, 0.25) is 0 Å². The van der Waals surface area contributed by atoms with E-state index in [9.17, 15) is 23.1 Å². The Morgan fingerprint density at radius 1 is 1.02 bits per heavy atom. The number of benzene rings is 2. The first-order chi connectivity index (χ1) is 23.3. The van der Waals surface area contributed by atoms with E-state index in [-0.39, 0.29) is 5.92 Å². The van der Waals surface area contributed by atoms with Crippen LogP contribution in [0.4, 0.5) is 4.79 Å². The Labute approximate surface area is 289 Å². The third kappa shape index (κ3) is 7.61. The van der Waals surface area contributed by atoms with Gasteiger partial charge in [0, 0.05) is 62.2 Å². The second kappa shape index (κ2) is 14.3. The summed E-state index contributed by atoms with van der Waals surface area (Å²) >= 11 is 0. The summed E-state index contributed by atoms with van der Waals surface area (Å²) in [6.07, 6.45) is 6.84. The molecule has 1 unspecified atom stereocenters. The molecule has 1 aromatic heterocycles. The molecule has 1 saturated carbocycles. The van der Waals surface area contributed by atoms with Crippen molar-refractivity contribution in [3.63, 3.8) is 0 Å². The van der Waals surface area contributed by atoms with Crippen LogP contribution >= 0.6 is 0 Å². The Kier molecular flexibility index (Phi) is 10.3. The summed E-state index contributed by atoms with van der Waals surface area (Å²) in [6.45, 7) is 8.95. The molecule has 0 bridgehead atoms. The van der Waals surface area contributed by atoms with Crippen molar-refractivity contribution in [1.29, 1.82) is 0 Å². The fourth-order valence-corrected chi connectivity index (χ4v) is 8.85. The third-order valence-electron chi connectivity index (χ3n) is 10.2. The number of para-hydroxylation sites is 1. The number of carboxylic acid groups (broad SMARTS) is 1. The molecule has 1 N–H and O–H groups in total. The molecule has 49 heavy (non-hydrogen) atoms. The average molecular weight is 695 g/mol. The second-order valence-corrected chi connectivity index (χ2v) is 16.7. The van der Waals surface area contributed by atoms with Gasteiger partial charge in [0.2, 0.25) is 0 Å². The van der Waals surface area contributed by atoms with Gasteiger partial charge in [0.25, 0.3) is 0 Å². The second-order valence-electron chi connectivity index (χ2n) is 14.8. The van der Waals surface area contributed by atoms with Crippen molar-refractivity contribution < 1.29 is 32.6 Å². The van der Waals surface area contributed by atoms with E-state index in [2.05, 4.69) is 21.6 Å². The summed E-state index contributed by atoms with van der Waals surface area (Å²) in [5, 5.41) is 11.1. The molecule has 2 fully saturated rings. The van der Waals surface area contributed by atoms with Crippen LogP contribution in [-0.4, -0.2) is 95.6 Å². The van der Waals surface area contributed by atoms with Gasteiger partial charge in [0.05, 0.1) is 17.9 Å². The van der Waals surface area contributed by atoms with Crippen LogP contribution in [0.25, 0.3) is 22.2 Å². The van der Waals surface area contributed by atoms with Crippen molar-refractivity contribution >= 4 is 33.2 Å². The van der Waals surface area contributed by atoms with Gasteiger partial charge >= 0.3 is 22.3 Å². The molecule has 1 amide bonds. The molecule has 0 spiro atoms. The number of aromatic nitrogens is 1.